The highest BCUT2D eigenvalue weighted by atomic mass is 79.9. The van der Waals surface area contributed by atoms with Crippen molar-refractivity contribution in [3.8, 4) is 0 Å². The molecule has 3 atom stereocenters. The Bertz CT molecular complexity index is 191. The van der Waals surface area contributed by atoms with Crippen LogP contribution < -0.4 is 0 Å². The Labute approximate surface area is 103 Å². The van der Waals surface area contributed by atoms with E-state index < -0.39 is 0 Å². The zero-order valence-electron chi connectivity index (χ0n) is 9.92. The van der Waals surface area contributed by atoms with Crippen LogP contribution >= 0.6 is 15.9 Å². The van der Waals surface area contributed by atoms with Crippen molar-refractivity contribution in [1.29, 1.82) is 0 Å². The Kier molecular flexibility index (Phi) is 4.51. The lowest BCUT2D eigenvalue weighted by Crippen LogP contribution is -2.38. The lowest BCUT2D eigenvalue weighted by molar-refractivity contribution is 0.163. The minimum Gasteiger partial charge on any atom is -0.300 e. The number of nitrogens with zero attached hydrogens (tertiary/aromatic N) is 1. The number of hydrogen-bond acceptors (Lipinski definition) is 1. The van der Waals surface area contributed by atoms with Crippen LogP contribution in [0.2, 0.25) is 0 Å². The highest BCUT2D eigenvalue weighted by Crippen LogP contribution is 2.36. The van der Waals surface area contributed by atoms with E-state index in [4.69, 9.17) is 0 Å². The van der Waals surface area contributed by atoms with E-state index >= 15 is 0 Å². The van der Waals surface area contributed by atoms with Crippen LogP contribution in [0.5, 0.6) is 0 Å². The average molecular weight is 274 g/mol. The molecule has 0 aromatic rings. The first-order valence-corrected chi connectivity index (χ1v) is 7.77. The van der Waals surface area contributed by atoms with Crippen molar-refractivity contribution in [1.82, 2.24) is 4.90 Å². The summed E-state index contributed by atoms with van der Waals surface area (Å²) in [6, 6.07) is 0.951. The van der Waals surface area contributed by atoms with E-state index in [1.165, 1.54) is 56.9 Å². The van der Waals surface area contributed by atoms with Crippen LogP contribution in [-0.4, -0.2) is 29.4 Å². The largest absolute Gasteiger partial charge is 0.300 e. The van der Waals surface area contributed by atoms with Gasteiger partial charge in [-0.05, 0) is 37.6 Å². The van der Waals surface area contributed by atoms with Gasteiger partial charge in [0.25, 0.3) is 0 Å². The van der Waals surface area contributed by atoms with E-state index in [9.17, 15) is 0 Å². The summed E-state index contributed by atoms with van der Waals surface area (Å²) in [7, 11) is 0. The van der Waals surface area contributed by atoms with Gasteiger partial charge in [-0.2, -0.15) is 0 Å². The number of fused-ring (bicyclic) bond motifs is 1. The van der Waals surface area contributed by atoms with Crippen molar-refractivity contribution < 1.29 is 0 Å². The molecule has 2 aliphatic rings. The zero-order chi connectivity index (χ0) is 10.7. The molecule has 0 aromatic heterocycles. The lowest BCUT2D eigenvalue weighted by Gasteiger charge is -2.33. The zero-order valence-corrected chi connectivity index (χ0v) is 11.5. The van der Waals surface area contributed by atoms with Crippen molar-refractivity contribution in [2.45, 2.75) is 51.5 Å². The van der Waals surface area contributed by atoms with Gasteiger partial charge in [-0.1, -0.05) is 42.1 Å². The molecule has 0 radical (unpaired) electrons. The van der Waals surface area contributed by atoms with E-state index in [0.29, 0.717) is 0 Å². The van der Waals surface area contributed by atoms with Crippen LogP contribution in [0.4, 0.5) is 0 Å². The maximum absolute atomic E-state index is 3.64. The summed E-state index contributed by atoms with van der Waals surface area (Å²) < 4.78 is 0. The average Bonchev–Trinajstić information content (AvgIpc) is 2.69. The van der Waals surface area contributed by atoms with E-state index in [2.05, 4.69) is 27.8 Å². The van der Waals surface area contributed by atoms with Gasteiger partial charge in [-0.15, -0.1) is 0 Å². The smallest absolute Gasteiger partial charge is 0.0124 e. The lowest BCUT2D eigenvalue weighted by atomic mass is 9.85. The molecule has 0 bridgehead atoms. The molecule has 88 valence electrons. The fraction of sp³-hybridized carbons (Fsp3) is 1.00. The van der Waals surface area contributed by atoms with Crippen LogP contribution in [0, 0.1) is 11.8 Å². The number of hydrogen-bond donors (Lipinski definition) is 0. The fourth-order valence-electron chi connectivity index (χ4n) is 3.35. The molecule has 3 unspecified atom stereocenters. The summed E-state index contributed by atoms with van der Waals surface area (Å²) in [4.78, 5) is 2.79. The standard InChI is InChI=1S/C13H24BrN/c1-2-11(9-14)10-15-8-7-12-5-3-4-6-13(12)15/h11-13H,2-10H2,1H3. The van der Waals surface area contributed by atoms with Gasteiger partial charge in [0.05, 0.1) is 0 Å². The van der Waals surface area contributed by atoms with Crippen LogP contribution in [0.25, 0.3) is 0 Å². The topological polar surface area (TPSA) is 3.24 Å². The number of likely N-dealkylation sites (tertiary alicyclic amines) is 1. The third-order valence-electron chi connectivity index (χ3n) is 4.41. The predicted octanol–water partition coefficient (Wildman–Crippen LogP) is 3.67. The van der Waals surface area contributed by atoms with E-state index in [-0.39, 0.29) is 0 Å². The molecule has 0 spiro atoms. The maximum Gasteiger partial charge on any atom is 0.0124 e. The number of alkyl halides is 1. The molecule has 1 saturated heterocycles. The highest BCUT2D eigenvalue weighted by Gasteiger charge is 2.35. The van der Waals surface area contributed by atoms with Gasteiger partial charge in [-0.3, -0.25) is 4.90 Å². The number of rotatable bonds is 4. The van der Waals surface area contributed by atoms with Crippen LogP contribution in [0.15, 0.2) is 0 Å². The van der Waals surface area contributed by atoms with Crippen LogP contribution in [0.3, 0.4) is 0 Å². The van der Waals surface area contributed by atoms with Crippen LogP contribution in [0.1, 0.15) is 45.4 Å². The molecule has 2 heteroatoms. The van der Waals surface area contributed by atoms with E-state index in [1.807, 2.05) is 0 Å². The molecular formula is C13H24BrN. The summed E-state index contributed by atoms with van der Waals surface area (Å²) in [5.41, 5.74) is 0. The molecule has 1 aliphatic heterocycles. The van der Waals surface area contributed by atoms with Gasteiger partial charge in [0.15, 0.2) is 0 Å². The van der Waals surface area contributed by atoms with Gasteiger partial charge in [0.1, 0.15) is 0 Å². The quantitative estimate of drug-likeness (QED) is 0.707. The van der Waals surface area contributed by atoms with E-state index in [1.54, 1.807) is 0 Å². The Hall–Kier alpha value is 0.440. The fourth-order valence-corrected chi connectivity index (χ4v) is 4.01. The second-order valence-corrected chi connectivity index (χ2v) is 5.97. The van der Waals surface area contributed by atoms with Gasteiger partial charge in [-0.25, -0.2) is 0 Å². The van der Waals surface area contributed by atoms with Crippen molar-refractivity contribution in [2.75, 3.05) is 18.4 Å². The minimum atomic E-state index is 0.866. The molecule has 1 aliphatic carbocycles. The summed E-state index contributed by atoms with van der Waals surface area (Å²) in [6.45, 7) is 5.03. The third kappa shape index (κ3) is 2.76. The second-order valence-electron chi connectivity index (χ2n) is 5.32. The number of halogens is 1. The predicted molar refractivity (Wildman–Crippen MR) is 69.5 cm³/mol. The van der Waals surface area contributed by atoms with Gasteiger partial charge in [0, 0.05) is 17.9 Å². The Balaban J connectivity index is 1.87. The summed E-state index contributed by atoms with van der Waals surface area (Å²) >= 11 is 3.64. The Morgan fingerprint density at radius 3 is 2.80 bits per heavy atom. The molecule has 1 nitrogen and oxygen atoms in total. The summed E-state index contributed by atoms with van der Waals surface area (Å²) in [5, 5.41) is 1.18. The Morgan fingerprint density at radius 1 is 1.27 bits per heavy atom. The van der Waals surface area contributed by atoms with Crippen LogP contribution in [-0.2, 0) is 0 Å². The third-order valence-corrected chi connectivity index (χ3v) is 5.33. The molecule has 0 N–H and O–H groups in total. The van der Waals surface area contributed by atoms with Gasteiger partial charge in [0.2, 0.25) is 0 Å². The summed E-state index contributed by atoms with van der Waals surface area (Å²) in [5.74, 6) is 1.91. The molecule has 2 fully saturated rings. The molecule has 0 amide bonds. The van der Waals surface area contributed by atoms with Gasteiger partial charge >= 0.3 is 0 Å². The second kappa shape index (κ2) is 5.67. The van der Waals surface area contributed by atoms with Crippen molar-refractivity contribution >= 4 is 15.9 Å². The Morgan fingerprint density at radius 2 is 2.07 bits per heavy atom. The van der Waals surface area contributed by atoms with Crippen molar-refractivity contribution in [3.63, 3.8) is 0 Å². The molecule has 15 heavy (non-hydrogen) atoms. The molecule has 2 rings (SSSR count). The van der Waals surface area contributed by atoms with Gasteiger partial charge < -0.3 is 0 Å². The maximum atomic E-state index is 3.64. The molecule has 0 aromatic carbocycles. The molecular weight excluding hydrogens is 250 g/mol. The molecule has 1 saturated carbocycles. The minimum absolute atomic E-state index is 0.866. The van der Waals surface area contributed by atoms with Crippen molar-refractivity contribution in [3.05, 3.63) is 0 Å². The normalized spacial score (nSPS) is 34.0. The van der Waals surface area contributed by atoms with E-state index in [0.717, 1.165) is 17.9 Å². The first-order valence-electron chi connectivity index (χ1n) is 6.65. The summed E-state index contributed by atoms with van der Waals surface area (Å²) in [6.07, 6.45) is 8.74. The molecule has 1 heterocycles. The van der Waals surface area contributed by atoms with Crippen molar-refractivity contribution in [2.24, 2.45) is 11.8 Å². The first-order chi connectivity index (χ1) is 7.35. The monoisotopic (exact) mass is 273 g/mol. The highest BCUT2D eigenvalue weighted by molar-refractivity contribution is 9.09. The first kappa shape index (κ1) is 11.9. The SMILES string of the molecule is CCC(CBr)CN1CCC2CCCCC21.